The summed E-state index contributed by atoms with van der Waals surface area (Å²) in [7, 11) is 3.66. The Morgan fingerprint density at radius 1 is 1.05 bits per heavy atom. The first-order valence-electron chi connectivity index (χ1n) is 14.2. The lowest BCUT2D eigenvalue weighted by Gasteiger charge is -2.18. The number of carbonyl (C=O) groups is 1. The van der Waals surface area contributed by atoms with Crippen molar-refractivity contribution in [1.82, 2.24) is 24.2 Å². The third-order valence-electron chi connectivity index (χ3n) is 8.68. The summed E-state index contributed by atoms with van der Waals surface area (Å²) in [5.41, 5.74) is 2.83. The first-order chi connectivity index (χ1) is 19.5. The summed E-state index contributed by atoms with van der Waals surface area (Å²) >= 11 is 0. The molecule has 3 aromatic heterocycles. The van der Waals surface area contributed by atoms with Gasteiger partial charge in [-0.05, 0) is 67.4 Å². The fraction of sp³-hybridized carbons (Fsp3) is 0.387. The predicted octanol–water partition coefficient (Wildman–Crippen LogP) is 3.54. The van der Waals surface area contributed by atoms with Gasteiger partial charge in [0.15, 0.2) is 5.65 Å². The van der Waals surface area contributed by atoms with Crippen LogP contribution in [0.4, 0.5) is 5.82 Å². The van der Waals surface area contributed by atoms with E-state index in [2.05, 4.69) is 39.4 Å². The van der Waals surface area contributed by atoms with Crippen molar-refractivity contribution in [3.05, 3.63) is 64.3 Å². The van der Waals surface area contributed by atoms with Gasteiger partial charge < -0.3 is 24.4 Å². The van der Waals surface area contributed by atoms with Crippen LogP contribution in [0, 0.1) is 0 Å². The summed E-state index contributed by atoms with van der Waals surface area (Å²) in [5, 5.41) is 5.67. The zero-order valence-electron chi connectivity index (χ0n) is 23.0. The van der Waals surface area contributed by atoms with Gasteiger partial charge in [-0.3, -0.25) is 14.0 Å². The number of nitrogens with zero attached hydrogens (tertiary/aromatic N) is 5. The largest absolute Gasteiger partial charge is 0.380 e. The molecule has 7 rings (SSSR count). The van der Waals surface area contributed by atoms with E-state index in [-0.39, 0.29) is 23.0 Å². The first kappa shape index (κ1) is 25.0. The summed E-state index contributed by atoms with van der Waals surface area (Å²) in [6.45, 7) is 5.01. The third-order valence-corrected chi connectivity index (χ3v) is 8.68. The third kappa shape index (κ3) is 4.03. The number of hydrogen-bond donors (Lipinski definition) is 1. The second kappa shape index (κ2) is 9.91. The molecule has 5 heterocycles. The van der Waals surface area contributed by atoms with Crippen LogP contribution in [0.2, 0.25) is 0 Å². The van der Waals surface area contributed by atoms with Crippen molar-refractivity contribution >= 4 is 50.2 Å². The molecule has 0 spiro atoms. The molecule has 206 valence electrons. The monoisotopic (exact) mass is 538 g/mol. The maximum absolute atomic E-state index is 14.0. The zero-order chi connectivity index (χ0) is 27.4. The minimum absolute atomic E-state index is 0.159. The highest BCUT2D eigenvalue weighted by atomic mass is 16.5. The Hall–Kier alpha value is -3.95. The minimum Gasteiger partial charge on any atom is -0.380 e. The fourth-order valence-corrected chi connectivity index (χ4v) is 6.49. The van der Waals surface area contributed by atoms with Crippen molar-refractivity contribution in [2.24, 2.45) is 7.05 Å². The van der Waals surface area contributed by atoms with Crippen molar-refractivity contribution in [2.75, 3.05) is 51.3 Å². The molecule has 2 fully saturated rings. The van der Waals surface area contributed by atoms with Crippen molar-refractivity contribution < 1.29 is 9.53 Å². The number of ether oxygens (including phenoxy) is 1. The molecule has 1 amide bonds. The van der Waals surface area contributed by atoms with Crippen LogP contribution < -0.4 is 15.6 Å². The number of fused-ring (bicyclic) bond motifs is 6. The number of aromatic nitrogens is 3. The molecular weight excluding hydrogens is 504 g/mol. The van der Waals surface area contributed by atoms with Gasteiger partial charge in [0.1, 0.15) is 17.0 Å². The normalized spacial score (nSPS) is 18.1. The lowest BCUT2D eigenvalue weighted by atomic mass is 10.1. The van der Waals surface area contributed by atoms with Crippen molar-refractivity contribution in [3.8, 4) is 0 Å². The molecule has 0 radical (unpaired) electrons. The summed E-state index contributed by atoms with van der Waals surface area (Å²) in [5.74, 6) is 0.464. The van der Waals surface area contributed by atoms with Crippen LogP contribution in [-0.2, 0) is 11.8 Å². The average Bonchev–Trinajstić information content (AvgIpc) is 3.73. The molecule has 9 nitrogen and oxygen atoms in total. The fourth-order valence-electron chi connectivity index (χ4n) is 6.49. The number of pyridine rings is 2. The lowest BCUT2D eigenvalue weighted by Crippen LogP contribution is -2.36. The van der Waals surface area contributed by atoms with Gasteiger partial charge in [-0.15, -0.1) is 0 Å². The molecule has 9 heteroatoms. The number of imidazole rings is 1. The molecule has 5 aromatic rings. The van der Waals surface area contributed by atoms with Gasteiger partial charge >= 0.3 is 0 Å². The van der Waals surface area contributed by atoms with Crippen molar-refractivity contribution in [1.29, 1.82) is 0 Å². The number of carbonyl (C=O) groups excluding carboxylic acids is 1. The van der Waals surface area contributed by atoms with Crippen LogP contribution in [-0.4, -0.2) is 77.2 Å². The smallest absolute Gasteiger partial charge is 0.259 e. The number of aryl methyl sites for hydroxylation is 1. The summed E-state index contributed by atoms with van der Waals surface area (Å²) in [6.07, 6.45) is 3.49. The molecule has 40 heavy (non-hydrogen) atoms. The SMILES string of the molecule is CO[C@@H]1CCN(c2ccc3c(=O)c(C(=O)NCCN4CCCC4)c4n(C)c5cc6ccccc6cc5n4c3n2)C1. The Balaban J connectivity index is 1.44. The van der Waals surface area contributed by atoms with E-state index >= 15 is 0 Å². The highest BCUT2D eigenvalue weighted by molar-refractivity contribution is 6.07. The highest BCUT2D eigenvalue weighted by Gasteiger charge is 2.27. The Morgan fingerprint density at radius 3 is 2.52 bits per heavy atom. The molecule has 0 aliphatic carbocycles. The van der Waals surface area contributed by atoms with Gasteiger partial charge in [0.25, 0.3) is 5.91 Å². The van der Waals surface area contributed by atoms with Crippen LogP contribution in [0.5, 0.6) is 0 Å². The number of hydrogen-bond acceptors (Lipinski definition) is 6. The van der Waals surface area contributed by atoms with Crippen LogP contribution >= 0.6 is 0 Å². The van der Waals surface area contributed by atoms with Crippen molar-refractivity contribution in [3.63, 3.8) is 0 Å². The van der Waals surface area contributed by atoms with E-state index in [0.29, 0.717) is 23.2 Å². The van der Waals surface area contributed by atoms with E-state index in [1.807, 2.05) is 40.3 Å². The summed E-state index contributed by atoms with van der Waals surface area (Å²) < 4.78 is 9.54. The van der Waals surface area contributed by atoms with E-state index in [1.54, 1.807) is 7.11 Å². The van der Waals surface area contributed by atoms with Crippen LogP contribution in [0.1, 0.15) is 29.6 Å². The maximum atomic E-state index is 14.0. The Morgan fingerprint density at radius 2 is 1.80 bits per heavy atom. The van der Waals surface area contributed by atoms with E-state index < -0.39 is 0 Å². The van der Waals surface area contributed by atoms with E-state index in [0.717, 1.165) is 66.8 Å². The van der Waals surface area contributed by atoms with E-state index in [1.165, 1.54) is 12.8 Å². The lowest BCUT2D eigenvalue weighted by molar-refractivity contribution is 0.0950. The van der Waals surface area contributed by atoms with Crippen LogP contribution in [0.25, 0.3) is 38.5 Å². The number of benzene rings is 2. The number of amides is 1. The summed E-state index contributed by atoms with van der Waals surface area (Å²) in [4.78, 5) is 37.3. The number of likely N-dealkylation sites (tertiary alicyclic amines) is 1. The highest BCUT2D eigenvalue weighted by Crippen LogP contribution is 2.30. The van der Waals surface area contributed by atoms with Gasteiger partial charge in [-0.25, -0.2) is 4.98 Å². The average molecular weight is 539 g/mol. The Bertz CT molecular complexity index is 1830. The summed E-state index contributed by atoms with van der Waals surface area (Å²) in [6, 6.07) is 16.2. The van der Waals surface area contributed by atoms with Gasteiger partial charge in [-0.1, -0.05) is 24.3 Å². The standard InChI is InChI=1S/C31H34N6O3/c1-34-24-17-20-7-3-4-8-21(20)18-25(24)37-29-23(9-10-26(33-29)36-15-11-22(19-36)40-2)28(38)27(31(34)37)30(39)32-12-16-35-13-5-6-14-35/h3-4,7-10,17-18,22H,5-6,11-16,19H2,1-2H3,(H,32,39)/t22-/m1/s1. The molecular formula is C31H34N6O3. The number of nitrogens with one attached hydrogen (secondary N) is 1. The minimum atomic E-state index is -0.342. The molecule has 0 saturated carbocycles. The topological polar surface area (TPSA) is 84.1 Å². The number of rotatable bonds is 6. The molecule has 1 N–H and O–H groups in total. The Kier molecular flexibility index (Phi) is 6.20. The maximum Gasteiger partial charge on any atom is 0.259 e. The number of anilines is 1. The molecule has 1 atom stereocenters. The van der Waals surface area contributed by atoms with Crippen LogP contribution in [0.3, 0.4) is 0 Å². The molecule has 0 unspecified atom stereocenters. The van der Waals surface area contributed by atoms with Gasteiger partial charge in [0, 0.05) is 40.3 Å². The predicted molar refractivity (Wildman–Crippen MR) is 159 cm³/mol. The Labute approximate surface area is 231 Å². The van der Waals surface area contributed by atoms with Crippen LogP contribution in [0.15, 0.2) is 53.3 Å². The van der Waals surface area contributed by atoms with E-state index in [9.17, 15) is 9.59 Å². The van der Waals surface area contributed by atoms with Crippen molar-refractivity contribution in [2.45, 2.75) is 25.4 Å². The zero-order valence-corrected chi connectivity index (χ0v) is 23.0. The second-order valence-electron chi connectivity index (χ2n) is 11.0. The molecule has 2 aliphatic heterocycles. The number of methoxy groups -OCH3 is 1. The molecule has 2 saturated heterocycles. The van der Waals surface area contributed by atoms with Gasteiger partial charge in [-0.2, -0.15) is 0 Å². The quantitative estimate of drug-likeness (QED) is 0.356. The van der Waals surface area contributed by atoms with Gasteiger partial charge in [0.05, 0.1) is 22.5 Å². The van der Waals surface area contributed by atoms with E-state index in [4.69, 9.17) is 9.72 Å². The first-order valence-corrected chi connectivity index (χ1v) is 14.2. The second-order valence-corrected chi connectivity index (χ2v) is 11.0. The molecule has 2 aliphatic rings. The molecule has 2 aromatic carbocycles. The van der Waals surface area contributed by atoms with Gasteiger partial charge in [0.2, 0.25) is 5.43 Å². The molecule has 0 bridgehead atoms.